The highest BCUT2D eigenvalue weighted by atomic mass is 19.4. The van der Waals surface area contributed by atoms with Crippen molar-refractivity contribution in [3.05, 3.63) is 221 Å². The SMILES string of the molecule is Cc1cc(C(C)(C)C)cc(C)c1[C+]1c2ccccc2C(=C=C2c3cc(C(F)(F)C(F)(F)C(F)(F)C(F)(F)F)ccc3C(c3c(C)cc(C(C)(C)C)cc3C)c3ccc(C(F)(F)C(F)(F)C(F)(F)C(F)(F)F)cc32)c2ccccc21. The molecule has 0 saturated heterocycles. The van der Waals surface area contributed by atoms with Gasteiger partial charge < -0.3 is 0 Å². The number of aryl methyl sites for hydroxylation is 4. The molecule has 0 saturated carbocycles. The van der Waals surface area contributed by atoms with E-state index in [9.17, 15) is 43.9 Å². The summed E-state index contributed by atoms with van der Waals surface area (Å²) in [7, 11) is 0. The van der Waals surface area contributed by atoms with Crippen molar-refractivity contribution in [2.75, 3.05) is 0 Å². The molecule has 2 aliphatic carbocycles. The van der Waals surface area contributed by atoms with Gasteiger partial charge in [0.2, 0.25) is 0 Å². The smallest absolute Gasteiger partial charge is 0.194 e. The van der Waals surface area contributed by atoms with Gasteiger partial charge in [-0.1, -0.05) is 95.8 Å². The molecule has 0 bridgehead atoms. The predicted molar refractivity (Wildman–Crippen MR) is 265 cm³/mol. The van der Waals surface area contributed by atoms with Gasteiger partial charge in [0.05, 0.1) is 28.2 Å². The number of hydrogen-bond donors (Lipinski definition) is 0. The number of rotatable bonds is 8. The van der Waals surface area contributed by atoms with E-state index in [4.69, 9.17) is 0 Å². The lowest BCUT2D eigenvalue weighted by atomic mass is 9.68. The molecule has 0 radical (unpaired) electrons. The molecule has 8 rings (SSSR count). The van der Waals surface area contributed by atoms with Gasteiger partial charge in [-0.25, -0.2) is 0 Å². The van der Waals surface area contributed by atoms with Crippen molar-refractivity contribution in [1.29, 1.82) is 0 Å². The van der Waals surface area contributed by atoms with Crippen LogP contribution in [-0.4, -0.2) is 36.0 Å². The minimum Gasteiger partial charge on any atom is -0.194 e. The minimum absolute atomic E-state index is 0.0546. The Kier molecular flexibility index (Phi) is 13.7. The van der Waals surface area contributed by atoms with Gasteiger partial charge in [-0.05, 0) is 149 Å². The summed E-state index contributed by atoms with van der Waals surface area (Å²) in [6.07, 6.45) is -14.5. The van der Waals surface area contributed by atoms with Crippen LogP contribution in [0.4, 0.5) is 79.0 Å². The number of benzene rings is 6. The van der Waals surface area contributed by atoms with E-state index in [1.165, 1.54) is 0 Å². The maximum absolute atomic E-state index is 16.3. The normalized spacial score (nSPS) is 15.8. The van der Waals surface area contributed by atoms with Crippen LogP contribution in [-0.2, 0) is 22.7 Å². The van der Waals surface area contributed by atoms with Gasteiger partial charge in [-0.2, -0.15) is 79.0 Å². The summed E-state index contributed by atoms with van der Waals surface area (Å²) in [6.45, 7) is 18.4. The van der Waals surface area contributed by atoms with Crippen LogP contribution < -0.4 is 0 Å². The Labute approximate surface area is 443 Å². The largest absolute Gasteiger partial charge is 0.460 e. The fourth-order valence-electron chi connectivity index (χ4n) is 10.6. The van der Waals surface area contributed by atoms with Crippen LogP contribution in [0, 0.1) is 33.6 Å². The van der Waals surface area contributed by atoms with Crippen molar-refractivity contribution in [3.63, 3.8) is 0 Å². The molecule has 0 nitrogen and oxygen atoms in total. The molecule has 0 atom stereocenters. The Morgan fingerprint density at radius 3 is 1.04 bits per heavy atom. The third-order valence-electron chi connectivity index (χ3n) is 14.9. The van der Waals surface area contributed by atoms with Crippen molar-refractivity contribution in [2.45, 2.75) is 134 Å². The second-order valence-electron chi connectivity index (χ2n) is 22.3. The summed E-state index contributed by atoms with van der Waals surface area (Å²) in [6, 6.07) is 22.1. The standard InChI is InChI=1S/C61H49F18/c1-30-23-36(52(5,6)7)24-31(2)48(30)50-40-17-13-11-15-38(40)46(39-16-12-14-18-41(39)50)29-47-44-27-34(54(62,63)56(66,67)58(70,71)60(74,75)76)19-21-42(44)51(49-32(3)25-37(26-33(49)4)53(8,9)10)43-22-20-35(28-45(43)47)55(64,65)57(68,69)59(72,73)61(77,78)79/h11-28,51H,1-10H3/q+1. The molecule has 18 heteroatoms. The molecule has 0 aromatic heterocycles. The maximum atomic E-state index is 16.3. The minimum atomic E-state index is -7.39. The molecule has 0 fully saturated rings. The van der Waals surface area contributed by atoms with Crippen LogP contribution >= 0.6 is 0 Å². The number of halogens is 18. The molecular weight excluding hydrogens is 1070 g/mol. The molecule has 0 spiro atoms. The van der Waals surface area contributed by atoms with E-state index in [0.29, 0.717) is 45.9 Å². The molecule has 0 unspecified atom stereocenters. The summed E-state index contributed by atoms with van der Waals surface area (Å²) in [5.41, 5.74) is 1.15. The van der Waals surface area contributed by atoms with Gasteiger partial charge in [0.25, 0.3) is 0 Å². The summed E-state index contributed by atoms with van der Waals surface area (Å²) < 4.78 is 267. The van der Waals surface area contributed by atoms with E-state index in [2.05, 4.69) is 5.73 Å². The van der Waals surface area contributed by atoms with Gasteiger partial charge in [0.1, 0.15) is 0 Å². The van der Waals surface area contributed by atoms with E-state index in [-0.39, 0.29) is 63.1 Å². The molecule has 0 amide bonds. The fraction of sp³-hybridized carbons (Fsp3) is 0.344. The first-order chi connectivity index (χ1) is 35.9. The Bertz CT molecular complexity index is 3290. The van der Waals surface area contributed by atoms with Crippen molar-refractivity contribution in [1.82, 2.24) is 0 Å². The first-order valence-electron chi connectivity index (χ1n) is 24.5. The molecule has 418 valence electrons. The third kappa shape index (κ3) is 9.02. The molecule has 6 aromatic rings. The molecule has 6 aromatic carbocycles. The van der Waals surface area contributed by atoms with Crippen LogP contribution in [0.1, 0.15) is 148 Å². The van der Waals surface area contributed by atoms with Crippen molar-refractivity contribution >= 4 is 11.1 Å². The van der Waals surface area contributed by atoms with E-state index in [0.717, 1.165) is 22.3 Å². The Morgan fingerprint density at radius 1 is 0.367 bits per heavy atom. The second kappa shape index (κ2) is 18.5. The van der Waals surface area contributed by atoms with Gasteiger partial charge in [-0.15, -0.1) is 0 Å². The number of fused-ring (bicyclic) bond motifs is 4. The second-order valence-corrected chi connectivity index (χ2v) is 22.3. The van der Waals surface area contributed by atoms with Gasteiger partial charge in [-0.3, -0.25) is 0 Å². The van der Waals surface area contributed by atoms with E-state index < -0.39 is 87.0 Å². The molecule has 0 N–H and O–H groups in total. The highest BCUT2D eigenvalue weighted by Crippen LogP contribution is 2.61. The van der Waals surface area contributed by atoms with Crippen molar-refractivity contribution in [2.24, 2.45) is 0 Å². The maximum Gasteiger partial charge on any atom is 0.460 e. The Balaban J connectivity index is 1.56. The van der Waals surface area contributed by atoms with Gasteiger partial charge in [0, 0.05) is 44.9 Å². The monoisotopic (exact) mass is 1120 g/mol. The lowest BCUT2D eigenvalue weighted by Gasteiger charge is -2.37. The highest BCUT2D eigenvalue weighted by Gasteiger charge is 2.83. The topological polar surface area (TPSA) is 0 Å². The third-order valence-corrected chi connectivity index (χ3v) is 14.9. The van der Waals surface area contributed by atoms with Crippen LogP contribution in [0.2, 0.25) is 0 Å². The molecule has 0 aliphatic heterocycles. The quantitative estimate of drug-likeness (QED) is 0.0808. The van der Waals surface area contributed by atoms with Crippen LogP contribution in [0.3, 0.4) is 0 Å². The lowest BCUT2D eigenvalue weighted by molar-refractivity contribution is -0.399. The Morgan fingerprint density at radius 2 is 0.696 bits per heavy atom. The van der Waals surface area contributed by atoms with Crippen LogP contribution in [0.25, 0.3) is 11.1 Å². The molecule has 79 heavy (non-hydrogen) atoms. The van der Waals surface area contributed by atoms with Crippen LogP contribution in [0.5, 0.6) is 0 Å². The van der Waals surface area contributed by atoms with Crippen molar-refractivity contribution in [3.8, 4) is 0 Å². The number of hydrogen-bond acceptors (Lipinski definition) is 0. The summed E-state index contributed by atoms with van der Waals surface area (Å²) >= 11 is 0. The Hall–Kier alpha value is -6.55. The number of alkyl halides is 18. The van der Waals surface area contributed by atoms with Gasteiger partial charge in [0.15, 0.2) is 0 Å². The van der Waals surface area contributed by atoms with E-state index in [1.807, 2.05) is 67.5 Å². The molecule has 0 heterocycles. The van der Waals surface area contributed by atoms with E-state index >= 15 is 35.1 Å². The summed E-state index contributed by atoms with van der Waals surface area (Å²) in [4.78, 5) is 0. The first-order valence-corrected chi connectivity index (χ1v) is 24.5. The zero-order valence-corrected chi connectivity index (χ0v) is 43.8. The van der Waals surface area contributed by atoms with E-state index in [1.54, 1.807) is 74.5 Å². The van der Waals surface area contributed by atoms with Crippen LogP contribution in [0.15, 0.2) is 115 Å². The van der Waals surface area contributed by atoms with Gasteiger partial charge >= 0.3 is 47.9 Å². The molecular formula is C61H49F18+. The average molecular weight is 1120 g/mol. The predicted octanol–water partition coefficient (Wildman–Crippen LogP) is 19.4. The average Bonchev–Trinajstić information content (AvgIpc) is 3.50. The zero-order chi connectivity index (χ0) is 59.1. The van der Waals surface area contributed by atoms with Crippen molar-refractivity contribution < 1.29 is 79.0 Å². The summed E-state index contributed by atoms with van der Waals surface area (Å²) in [5, 5.41) is 0. The fourth-order valence-corrected chi connectivity index (χ4v) is 10.6. The highest BCUT2D eigenvalue weighted by molar-refractivity contribution is 5.97. The summed E-state index contributed by atoms with van der Waals surface area (Å²) in [5.74, 6) is -43.0. The zero-order valence-electron chi connectivity index (χ0n) is 43.8. The lowest BCUT2D eigenvalue weighted by Crippen LogP contribution is -2.59. The molecule has 2 aliphatic rings. The first kappa shape index (κ1) is 58.6.